The van der Waals surface area contributed by atoms with Crippen LogP contribution in [0.1, 0.15) is 50.5 Å². The molecule has 1 aliphatic carbocycles. The molecule has 2 heterocycles. The highest BCUT2D eigenvalue weighted by Crippen LogP contribution is 2.36. The number of hydrogen-bond acceptors (Lipinski definition) is 5. The Bertz CT molecular complexity index is 823. The number of nitrogens with zero attached hydrogens (tertiary/aromatic N) is 2. The van der Waals surface area contributed by atoms with E-state index in [2.05, 4.69) is 6.92 Å². The maximum absolute atomic E-state index is 13.0. The van der Waals surface area contributed by atoms with Crippen molar-refractivity contribution < 1.29 is 4.79 Å². The molecule has 3 rings (SSSR count). The summed E-state index contributed by atoms with van der Waals surface area (Å²) in [4.78, 5) is 31.1. The zero-order chi connectivity index (χ0) is 17.3. The van der Waals surface area contributed by atoms with Crippen LogP contribution in [-0.4, -0.2) is 21.1 Å². The monoisotopic (exact) mass is 364 g/mol. The summed E-state index contributed by atoms with van der Waals surface area (Å²) < 4.78 is 1.80. The van der Waals surface area contributed by atoms with Crippen molar-refractivity contribution in [2.45, 2.75) is 64.6 Å². The highest BCUT2D eigenvalue weighted by atomic mass is 32.2. The molecule has 1 atom stereocenters. The molecule has 1 unspecified atom stereocenters. The Morgan fingerprint density at radius 2 is 2.25 bits per heavy atom. The summed E-state index contributed by atoms with van der Waals surface area (Å²) in [6.07, 6.45) is 4.66. The average Bonchev–Trinajstić information content (AvgIpc) is 2.88. The lowest BCUT2D eigenvalue weighted by molar-refractivity contribution is -0.117. The van der Waals surface area contributed by atoms with Crippen LogP contribution in [0.3, 0.4) is 0 Å². The number of carbonyl (C=O) groups is 1. The number of thiophene rings is 1. The maximum Gasteiger partial charge on any atom is 0.263 e. The fraction of sp³-hybridized carbons (Fsp3) is 0.611. The van der Waals surface area contributed by atoms with Crippen molar-refractivity contribution in [3.05, 3.63) is 20.8 Å². The minimum absolute atomic E-state index is 0.114. The molecule has 4 nitrogen and oxygen atoms in total. The minimum Gasteiger partial charge on any atom is -0.300 e. The maximum atomic E-state index is 13.0. The van der Waals surface area contributed by atoms with Crippen LogP contribution in [0.4, 0.5) is 0 Å². The van der Waals surface area contributed by atoms with E-state index in [0.717, 1.165) is 46.8 Å². The normalized spacial score (nSPS) is 17.2. The molecule has 1 aliphatic rings. The Hall–Kier alpha value is -1.14. The number of aryl methyl sites for hydroxylation is 1. The number of thioether (sulfide) groups is 1. The van der Waals surface area contributed by atoms with Crippen LogP contribution >= 0.6 is 23.1 Å². The van der Waals surface area contributed by atoms with Gasteiger partial charge in [0.1, 0.15) is 10.6 Å². The number of fused-ring (bicyclic) bond motifs is 3. The van der Waals surface area contributed by atoms with E-state index in [4.69, 9.17) is 4.98 Å². The lowest BCUT2D eigenvalue weighted by atomic mass is 9.89. The van der Waals surface area contributed by atoms with E-state index in [9.17, 15) is 9.59 Å². The van der Waals surface area contributed by atoms with E-state index in [1.54, 1.807) is 34.6 Å². The van der Waals surface area contributed by atoms with Gasteiger partial charge >= 0.3 is 0 Å². The van der Waals surface area contributed by atoms with Gasteiger partial charge in [0.05, 0.1) is 5.39 Å². The summed E-state index contributed by atoms with van der Waals surface area (Å²) in [5.41, 5.74) is 1.37. The van der Waals surface area contributed by atoms with Crippen molar-refractivity contribution in [3.8, 4) is 0 Å². The van der Waals surface area contributed by atoms with Gasteiger partial charge < -0.3 is 4.79 Å². The Kier molecular flexibility index (Phi) is 5.45. The average molecular weight is 365 g/mol. The molecule has 0 aromatic carbocycles. The van der Waals surface area contributed by atoms with E-state index >= 15 is 0 Å². The first-order valence-corrected chi connectivity index (χ1v) is 10.5. The fourth-order valence-electron chi connectivity index (χ4n) is 3.28. The molecule has 0 spiro atoms. The molecule has 6 heteroatoms. The zero-order valence-electron chi connectivity index (χ0n) is 14.6. The number of carbonyl (C=O) groups excluding carboxylic acids is 1. The van der Waals surface area contributed by atoms with Crippen molar-refractivity contribution in [3.63, 3.8) is 0 Å². The molecule has 0 fully saturated rings. The summed E-state index contributed by atoms with van der Waals surface area (Å²) in [6, 6.07) is 0. The van der Waals surface area contributed by atoms with Gasteiger partial charge in [-0.05, 0) is 51.0 Å². The van der Waals surface area contributed by atoms with Crippen molar-refractivity contribution >= 4 is 39.1 Å². The van der Waals surface area contributed by atoms with E-state index < -0.39 is 0 Å². The van der Waals surface area contributed by atoms with Gasteiger partial charge in [0.2, 0.25) is 0 Å². The Morgan fingerprint density at radius 1 is 1.46 bits per heavy atom. The van der Waals surface area contributed by atoms with Gasteiger partial charge in [0.15, 0.2) is 5.16 Å². The van der Waals surface area contributed by atoms with Gasteiger partial charge in [-0.25, -0.2) is 4.98 Å². The van der Waals surface area contributed by atoms with Crippen molar-refractivity contribution in [1.29, 1.82) is 0 Å². The van der Waals surface area contributed by atoms with Gasteiger partial charge in [0, 0.05) is 23.6 Å². The number of rotatable bonds is 6. The zero-order valence-corrected chi connectivity index (χ0v) is 16.2. The predicted octanol–water partition coefficient (Wildman–Crippen LogP) is 4.06. The summed E-state index contributed by atoms with van der Waals surface area (Å²) in [5, 5.41) is 1.65. The predicted molar refractivity (Wildman–Crippen MR) is 101 cm³/mol. The fourth-order valence-corrected chi connectivity index (χ4v) is 5.70. The first kappa shape index (κ1) is 17.7. The van der Waals surface area contributed by atoms with Gasteiger partial charge in [-0.2, -0.15) is 0 Å². The highest BCUT2D eigenvalue weighted by Gasteiger charge is 2.24. The second kappa shape index (κ2) is 7.40. The molecule has 0 aliphatic heterocycles. The summed E-state index contributed by atoms with van der Waals surface area (Å²) in [5.74, 6) is 1.73. The quantitative estimate of drug-likeness (QED) is 0.440. The number of aromatic nitrogens is 2. The second-order valence-corrected chi connectivity index (χ2v) is 8.78. The Labute approximate surface area is 150 Å². The SMILES string of the molecule is CCn1c(SCCCC(C)=O)nc2sc3c(c2c1=O)CCC(C)C3. The molecule has 2 aromatic heterocycles. The molecule has 0 saturated carbocycles. The number of ketones is 1. The first-order chi connectivity index (χ1) is 11.5. The Morgan fingerprint density at radius 3 is 2.96 bits per heavy atom. The molecule has 130 valence electrons. The summed E-state index contributed by atoms with van der Waals surface area (Å²) in [7, 11) is 0. The molecule has 0 saturated heterocycles. The van der Waals surface area contributed by atoms with Crippen LogP contribution < -0.4 is 5.56 Å². The van der Waals surface area contributed by atoms with Crippen LogP contribution in [0.5, 0.6) is 0 Å². The van der Waals surface area contributed by atoms with Crippen molar-refractivity contribution in [1.82, 2.24) is 9.55 Å². The van der Waals surface area contributed by atoms with Gasteiger partial charge in [-0.1, -0.05) is 18.7 Å². The third kappa shape index (κ3) is 3.45. The van der Waals surface area contributed by atoms with E-state index in [1.807, 2.05) is 6.92 Å². The van der Waals surface area contributed by atoms with E-state index in [-0.39, 0.29) is 11.3 Å². The topological polar surface area (TPSA) is 52.0 Å². The lowest BCUT2D eigenvalue weighted by Crippen LogP contribution is -2.23. The van der Waals surface area contributed by atoms with Crippen molar-refractivity contribution in [2.75, 3.05) is 5.75 Å². The summed E-state index contributed by atoms with van der Waals surface area (Å²) in [6.45, 7) is 6.53. The van der Waals surface area contributed by atoms with Gasteiger partial charge in [-0.15, -0.1) is 11.3 Å². The van der Waals surface area contributed by atoms with Crippen LogP contribution in [0, 0.1) is 5.92 Å². The number of Topliss-reactive ketones (excluding diaryl/α,β-unsaturated/α-hetero) is 1. The third-order valence-electron chi connectivity index (χ3n) is 4.60. The van der Waals surface area contributed by atoms with Crippen LogP contribution in [0.2, 0.25) is 0 Å². The first-order valence-electron chi connectivity index (χ1n) is 8.68. The molecule has 0 radical (unpaired) electrons. The standard InChI is InChI=1S/C18H24N2O2S2/c1-4-20-17(22)15-13-8-7-11(2)10-14(13)24-16(15)19-18(20)23-9-5-6-12(3)21/h11H,4-10H2,1-3H3. The lowest BCUT2D eigenvalue weighted by Gasteiger charge is -2.17. The van der Waals surface area contributed by atoms with Crippen LogP contribution in [0.25, 0.3) is 10.2 Å². The molecule has 0 bridgehead atoms. The highest BCUT2D eigenvalue weighted by molar-refractivity contribution is 7.99. The minimum atomic E-state index is 0.114. The van der Waals surface area contributed by atoms with E-state index in [1.165, 1.54) is 10.4 Å². The smallest absolute Gasteiger partial charge is 0.263 e. The molecule has 2 aromatic rings. The van der Waals surface area contributed by atoms with Crippen LogP contribution in [0.15, 0.2) is 9.95 Å². The molecular weight excluding hydrogens is 340 g/mol. The van der Waals surface area contributed by atoms with Gasteiger partial charge in [-0.3, -0.25) is 9.36 Å². The Balaban J connectivity index is 1.96. The van der Waals surface area contributed by atoms with Crippen LogP contribution in [-0.2, 0) is 24.2 Å². The summed E-state index contributed by atoms with van der Waals surface area (Å²) >= 11 is 3.30. The molecular formula is C18H24N2O2S2. The largest absolute Gasteiger partial charge is 0.300 e. The third-order valence-corrected chi connectivity index (χ3v) is 6.81. The van der Waals surface area contributed by atoms with E-state index in [0.29, 0.717) is 18.9 Å². The molecule has 0 N–H and O–H groups in total. The van der Waals surface area contributed by atoms with Crippen molar-refractivity contribution in [2.24, 2.45) is 5.92 Å². The van der Waals surface area contributed by atoms with Gasteiger partial charge in [0.25, 0.3) is 5.56 Å². The molecule has 24 heavy (non-hydrogen) atoms. The second-order valence-electron chi connectivity index (χ2n) is 6.63. The number of hydrogen-bond donors (Lipinski definition) is 0. The molecule has 0 amide bonds.